The van der Waals surface area contributed by atoms with Crippen molar-refractivity contribution in [1.29, 1.82) is 0 Å². The van der Waals surface area contributed by atoms with Crippen molar-refractivity contribution in [3.05, 3.63) is 70.8 Å². The number of halogens is 1. The Labute approximate surface area is 205 Å². The number of carbonyl (C=O) groups excluding carboxylic acids is 1. The molecule has 168 valence electrons. The summed E-state index contributed by atoms with van der Waals surface area (Å²) in [6.07, 6.45) is 3.50. The number of aromatic nitrogens is 1. The molecule has 1 saturated heterocycles. The zero-order chi connectivity index (χ0) is 22.8. The molecular formula is C25H24BrN5OS. The van der Waals surface area contributed by atoms with Crippen LogP contribution in [-0.4, -0.2) is 58.1 Å². The molecule has 0 radical (unpaired) electrons. The molecule has 5 rings (SSSR count). The molecular weight excluding hydrogens is 498 g/mol. The number of amides is 1. The number of anilines is 1. The van der Waals surface area contributed by atoms with Gasteiger partial charge in [0.25, 0.3) is 0 Å². The van der Waals surface area contributed by atoms with Crippen LogP contribution in [0.1, 0.15) is 18.4 Å². The topological polar surface area (TPSA) is 70.0 Å². The summed E-state index contributed by atoms with van der Waals surface area (Å²) in [5.74, 6) is 0.194. The number of nitrogens with zero attached hydrogens (tertiary/aromatic N) is 4. The van der Waals surface area contributed by atoms with E-state index in [0.29, 0.717) is 0 Å². The van der Waals surface area contributed by atoms with Crippen LogP contribution in [0.2, 0.25) is 0 Å². The number of aliphatic imine (C=N–C) groups is 2. The Bertz CT molecular complexity index is 1240. The minimum atomic E-state index is -0.408. The molecule has 8 heteroatoms. The molecule has 2 aliphatic rings. The largest absolute Gasteiger partial charge is 0.325 e. The quantitative estimate of drug-likeness (QED) is 0.524. The number of hydrogen-bond donors (Lipinski definition) is 1. The predicted molar refractivity (Wildman–Crippen MR) is 140 cm³/mol. The van der Waals surface area contributed by atoms with Crippen LogP contribution >= 0.6 is 27.7 Å². The molecule has 3 aromatic rings. The summed E-state index contributed by atoms with van der Waals surface area (Å²) in [7, 11) is 2.13. The molecule has 0 unspecified atom stereocenters. The summed E-state index contributed by atoms with van der Waals surface area (Å²) < 4.78 is 1.02. The Hall–Kier alpha value is -2.55. The number of fused-ring (bicyclic) bond motifs is 1. The molecule has 6 nitrogen and oxygen atoms in total. The maximum absolute atomic E-state index is 12.9. The van der Waals surface area contributed by atoms with E-state index in [1.54, 1.807) is 6.20 Å². The van der Waals surface area contributed by atoms with Gasteiger partial charge >= 0.3 is 0 Å². The average molecular weight is 522 g/mol. The van der Waals surface area contributed by atoms with Crippen molar-refractivity contribution in [1.82, 2.24) is 9.88 Å². The van der Waals surface area contributed by atoms with Gasteiger partial charge in [-0.1, -0.05) is 58.0 Å². The van der Waals surface area contributed by atoms with Gasteiger partial charge in [0.05, 0.1) is 22.7 Å². The first kappa shape index (κ1) is 22.3. The van der Waals surface area contributed by atoms with Crippen LogP contribution in [-0.2, 0) is 4.79 Å². The van der Waals surface area contributed by atoms with Crippen LogP contribution < -0.4 is 5.32 Å². The molecule has 2 aromatic carbocycles. The van der Waals surface area contributed by atoms with E-state index < -0.39 is 5.66 Å². The van der Waals surface area contributed by atoms with Gasteiger partial charge < -0.3 is 10.2 Å². The van der Waals surface area contributed by atoms with Gasteiger partial charge in [-0.15, -0.1) is 0 Å². The van der Waals surface area contributed by atoms with Crippen LogP contribution in [0.4, 0.5) is 5.69 Å². The molecule has 1 N–H and O–H groups in total. The summed E-state index contributed by atoms with van der Waals surface area (Å²) in [6, 6.07) is 17.8. The minimum Gasteiger partial charge on any atom is -0.325 e. The Morgan fingerprint density at radius 3 is 2.64 bits per heavy atom. The van der Waals surface area contributed by atoms with Crippen molar-refractivity contribution in [2.45, 2.75) is 18.5 Å². The van der Waals surface area contributed by atoms with Crippen molar-refractivity contribution in [3.8, 4) is 0 Å². The van der Waals surface area contributed by atoms with Gasteiger partial charge in [0.15, 0.2) is 5.66 Å². The third-order valence-corrected chi connectivity index (χ3v) is 7.49. The molecule has 1 spiro atoms. The van der Waals surface area contributed by atoms with E-state index in [-0.39, 0.29) is 11.7 Å². The first-order chi connectivity index (χ1) is 16.0. The van der Waals surface area contributed by atoms with E-state index in [2.05, 4.69) is 50.3 Å². The number of piperidine rings is 1. The standard InChI is InChI=1S/C25H24BrN5OS/c1-31-14-11-25(12-15-31)29-23(17-6-8-18(26)9-7-17)24(30-25)33-16-22(32)28-21-10-13-27-20-5-3-2-4-19(20)21/h2-10,13H,11-12,14-16H2,1H3,(H,27,28,32). The average Bonchev–Trinajstić information content (AvgIpc) is 3.19. The van der Waals surface area contributed by atoms with Gasteiger partial charge in [-0.3, -0.25) is 14.8 Å². The fourth-order valence-corrected chi connectivity index (χ4v) is 5.28. The minimum absolute atomic E-state index is 0.0708. The summed E-state index contributed by atoms with van der Waals surface area (Å²) in [6.45, 7) is 1.93. The summed E-state index contributed by atoms with van der Waals surface area (Å²) in [5, 5.41) is 4.81. The molecule has 0 bridgehead atoms. The Morgan fingerprint density at radius 1 is 1.09 bits per heavy atom. The van der Waals surface area contributed by atoms with Crippen molar-refractivity contribution in [2.24, 2.45) is 9.98 Å². The van der Waals surface area contributed by atoms with E-state index in [4.69, 9.17) is 9.98 Å². The van der Waals surface area contributed by atoms with Gasteiger partial charge in [-0.05, 0) is 31.3 Å². The maximum Gasteiger partial charge on any atom is 0.234 e. The fourth-order valence-electron chi connectivity index (χ4n) is 4.14. The summed E-state index contributed by atoms with van der Waals surface area (Å²) in [5.41, 5.74) is 3.14. The normalized spacial score (nSPS) is 17.8. The van der Waals surface area contributed by atoms with Crippen LogP contribution in [0, 0.1) is 0 Å². The predicted octanol–water partition coefficient (Wildman–Crippen LogP) is 4.99. The molecule has 0 aliphatic carbocycles. The van der Waals surface area contributed by atoms with E-state index in [1.165, 1.54) is 11.8 Å². The highest BCUT2D eigenvalue weighted by Gasteiger charge is 2.39. The van der Waals surface area contributed by atoms with Crippen molar-refractivity contribution in [2.75, 3.05) is 31.2 Å². The lowest BCUT2D eigenvalue weighted by molar-refractivity contribution is -0.113. The monoisotopic (exact) mass is 521 g/mol. The van der Waals surface area contributed by atoms with Crippen LogP contribution in [0.25, 0.3) is 10.9 Å². The highest BCUT2D eigenvalue weighted by molar-refractivity contribution is 9.10. The lowest BCUT2D eigenvalue weighted by Gasteiger charge is -2.33. The maximum atomic E-state index is 12.9. The van der Waals surface area contributed by atoms with E-state index in [1.807, 2.05) is 42.5 Å². The number of benzene rings is 2. The van der Waals surface area contributed by atoms with Crippen molar-refractivity contribution >= 4 is 60.9 Å². The van der Waals surface area contributed by atoms with E-state index >= 15 is 0 Å². The number of likely N-dealkylation sites (tertiary alicyclic amines) is 1. The van der Waals surface area contributed by atoms with Crippen molar-refractivity contribution in [3.63, 3.8) is 0 Å². The zero-order valence-electron chi connectivity index (χ0n) is 18.3. The fraction of sp³-hybridized carbons (Fsp3) is 0.280. The summed E-state index contributed by atoms with van der Waals surface area (Å²) >= 11 is 4.96. The van der Waals surface area contributed by atoms with Gasteiger partial charge in [-0.2, -0.15) is 0 Å². The number of pyridine rings is 1. The van der Waals surface area contributed by atoms with Crippen LogP contribution in [0.5, 0.6) is 0 Å². The molecule has 1 amide bonds. The molecule has 0 atom stereocenters. The van der Waals surface area contributed by atoms with E-state index in [9.17, 15) is 4.79 Å². The lowest BCUT2D eigenvalue weighted by atomic mass is 9.99. The summed E-state index contributed by atoms with van der Waals surface area (Å²) in [4.78, 5) is 29.7. The van der Waals surface area contributed by atoms with Gasteiger partial charge in [0.1, 0.15) is 5.04 Å². The second-order valence-electron chi connectivity index (χ2n) is 8.38. The lowest BCUT2D eigenvalue weighted by Crippen LogP contribution is -2.39. The number of nitrogens with one attached hydrogen (secondary N) is 1. The van der Waals surface area contributed by atoms with Crippen LogP contribution in [0.15, 0.2) is 75.3 Å². The first-order valence-electron chi connectivity index (χ1n) is 10.9. The number of rotatable bonds is 4. The Morgan fingerprint density at radius 2 is 1.85 bits per heavy atom. The smallest absolute Gasteiger partial charge is 0.234 e. The zero-order valence-corrected chi connectivity index (χ0v) is 20.7. The Kier molecular flexibility index (Phi) is 6.32. The van der Waals surface area contributed by atoms with Gasteiger partial charge in [0, 0.05) is 47.6 Å². The second kappa shape index (κ2) is 9.37. The highest BCUT2D eigenvalue weighted by atomic mass is 79.9. The third kappa shape index (κ3) is 4.88. The molecule has 3 heterocycles. The first-order valence-corrected chi connectivity index (χ1v) is 12.7. The number of thioether (sulfide) groups is 1. The highest BCUT2D eigenvalue weighted by Crippen LogP contribution is 2.35. The second-order valence-corrected chi connectivity index (χ2v) is 10.3. The molecule has 1 aromatic heterocycles. The van der Waals surface area contributed by atoms with Gasteiger partial charge in [0.2, 0.25) is 5.91 Å². The SMILES string of the molecule is CN1CCC2(CC1)N=C(SCC(=O)Nc1ccnc3ccccc13)C(c1ccc(Br)cc1)=N2. The Balaban J connectivity index is 1.34. The number of hydrogen-bond acceptors (Lipinski definition) is 6. The molecule has 2 aliphatic heterocycles. The molecule has 33 heavy (non-hydrogen) atoms. The number of carbonyl (C=O) groups is 1. The molecule has 0 saturated carbocycles. The number of para-hydroxylation sites is 1. The third-order valence-electron chi connectivity index (χ3n) is 6.00. The van der Waals surface area contributed by atoms with Crippen molar-refractivity contribution < 1.29 is 4.79 Å². The van der Waals surface area contributed by atoms with E-state index in [0.717, 1.165) is 63.3 Å². The molecule has 1 fully saturated rings. The van der Waals surface area contributed by atoms with Gasteiger partial charge in [-0.25, -0.2) is 4.99 Å². The van der Waals surface area contributed by atoms with Crippen LogP contribution in [0.3, 0.4) is 0 Å².